The number of carbonyl (C=O) groups is 2. The monoisotopic (exact) mass is 391 g/mol. The Morgan fingerprint density at radius 2 is 1.68 bits per heavy atom. The molecule has 0 aromatic heterocycles. The normalized spacial score (nSPS) is 27.9. The van der Waals surface area contributed by atoms with Crippen LogP contribution in [0.1, 0.15) is 38.5 Å². The molecule has 2 aliphatic rings. The van der Waals surface area contributed by atoms with Crippen LogP contribution in [-0.4, -0.2) is 59.2 Å². The first-order valence-corrected chi connectivity index (χ1v) is 9.94. The van der Waals surface area contributed by atoms with E-state index in [9.17, 15) is 19.8 Å². The lowest BCUT2D eigenvalue weighted by atomic mass is 9.96. The smallest absolute Gasteiger partial charge is 0.315 e. The summed E-state index contributed by atoms with van der Waals surface area (Å²) in [5.41, 5.74) is 0.651. The molecule has 0 bridgehead atoms. The number of ether oxygens (including phenoxy) is 1. The lowest BCUT2D eigenvalue weighted by Crippen LogP contribution is -2.47. The van der Waals surface area contributed by atoms with Crippen molar-refractivity contribution < 1.29 is 24.5 Å². The van der Waals surface area contributed by atoms with Crippen molar-refractivity contribution in [2.24, 2.45) is 0 Å². The predicted octanol–water partition coefficient (Wildman–Crippen LogP) is 1.14. The molecule has 1 aliphatic heterocycles. The highest BCUT2D eigenvalue weighted by molar-refractivity contribution is 5.91. The van der Waals surface area contributed by atoms with Gasteiger partial charge >= 0.3 is 6.03 Å². The molecule has 154 valence electrons. The molecule has 1 aromatic carbocycles. The van der Waals surface area contributed by atoms with Crippen LogP contribution in [0.3, 0.4) is 0 Å². The van der Waals surface area contributed by atoms with Gasteiger partial charge in [-0.3, -0.25) is 4.79 Å². The molecule has 0 spiro atoms. The quantitative estimate of drug-likeness (QED) is 0.498. The van der Waals surface area contributed by atoms with E-state index in [1.54, 1.807) is 24.3 Å². The highest BCUT2D eigenvalue weighted by Crippen LogP contribution is 2.24. The second-order valence-corrected chi connectivity index (χ2v) is 7.50. The van der Waals surface area contributed by atoms with Gasteiger partial charge in [-0.05, 0) is 25.0 Å². The van der Waals surface area contributed by atoms with Crippen molar-refractivity contribution >= 4 is 17.6 Å². The number of benzene rings is 1. The third kappa shape index (κ3) is 5.67. The molecular weight excluding hydrogens is 362 g/mol. The standard InChI is InChI=1S/C20H29N3O5/c24-17(22-13-7-3-1-4-8-13)11-15-18(25)19(26)16(28-15)12-21-20(27)23-14-9-5-2-6-10-14/h1,3-4,7-8,14-16,18-19,25-26H,2,5-6,9-12H2,(H,22,24)(H2,21,23,27). The Morgan fingerprint density at radius 3 is 2.39 bits per heavy atom. The summed E-state index contributed by atoms with van der Waals surface area (Å²) in [5.74, 6) is -0.314. The number of urea groups is 1. The molecule has 1 saturated heterocycles. The van der Waals surface area contributed by atoms with Crippen molar-refractivity contribution in [3.05, 3.63) is 30.3 Å². The number of amides is 3. The van der Waals surface area contributed by atoms with Gasteiger partial charge in [0.1, 0.15) is 18.3 Å². The van der Waals surface area contributed by atoms with Crippen molar-refractivity contribution in [1.29, 1.82) is 0 Å². The summed E-state index contributed by atoms with van der Waals surface area (Å²) in [6, 6.07) is 8.86. The molecule has 28 heavy (non-hydrogen) atoms. The largest absolute Gasteiger partial charge is 0.388 e. The highest BCUT2D eigenvalue weighted by Gasteiger charge is 2.43. The van der Waals surface area contributed by atoms with Gasteiger partial charge < -0.3 is 30.9 Å². The van der Waals surface area contributed by atoms with Crippen LogP contribution in [0.5, 0.6) is 0 Å². The molecule has 1 aromatic rings. The van der Waals surface area contributed by atoms with Crippen LogP contribution in [0, 0.1) is 0 Å². The van der Waals surface area contributed by atoms with Crippen LogP contribution in [-0.2, 0) is 9.53 Å². The van der Waals surface area contributed by atoms with Crippen molar-refractivity contribution in [3.8, 4) is 0 Å². The van der Waals surface area contributed by atoms with Gasteiger partial charge in [0.25, 0.3) is 0 Å². The minimum atomic E-state index is -1.19. The van der Waals surface area contributed by atoms with Crippen molar-refractivity contribution in [3.63, 3.8) is 0 Å². The van der Waals surface area contributed by atoms with Crippen molar-refractivity contribution in [1.82, 2.24) is 10.6 Å². The number of nitrogens with one attached hydrogen (secondary N) is 3. The molecule has 8 nitrogen and oxygen atoms in total. The summed E-state index contributed by atoms with van der Waals surface area (Å²) < 4.78 is 5.63. The van der Waals surface area contributed by atoms with Gasteiger partial charge in [-0.15, -0.1) is 0 Å². The fourth-order valence-corrected chi connectivity index (χ4v) is 3.76. The fraction of sp³-hybridized carbons (Fsp3) is 0.600. The number of aliphatic hydroxyl groups is 2. The predicted molar refractivity (Wildman–Crippen MR) is 104 cm³/mol. The van der Waals surface area contributed by atoms with Crippen LogP contribution < -0.4 is 16.0 Å². The maximum atomic E-state index is 12.2. The van der Waals surface area contributed by atoms with Crippen molar-refractivity contribution in [2.45, 2.75) is 69.0 Å². The van der Waals surface area contributed by atoms with Gasteiger partial charge in [0, 0.05) is 18.3 Å². The molecule has 1 heterocycles. The number of aliphatic hydroxyl groups excluding tert-OH is 2. The Morgan fingerprint density at radius 1 is 1.00 bits per heavy atom. The van der Waals surface area contributed by atoms with Gasteiger partial charge in [0.15, 0.2) is 0 Å². The number of rotatable bonds is 6. The van der Waals surface area contributed by atoms with E-state index in [4.69, 9.17) is 4.74 Å². The topological polar surface area (TPSA) is 120 Å². The average molecular weight is 391 g/mol. The second-order valence-electron chi connectivity index (χ2n) is 7.50. The Balaban J connectivity index is 1.42. The maximum Gasteiger partial charge on any atom is 0.315 e. The molecule has 4 atom stereocenters. The first-order valence-electron chi connectivity index (χ1n) is 9.94. The van der Waals surface area contributed by atoms with E-state index in [0.29, 0.717) is 5.69 Å². The lowest BCUT2D eigenvalue weighted by molar-refractivity contribution is -0.120. The van der Waals surface area contributed by atoms with E-state index in [-0.39, 0.29) is 30.9 Å². The molecule has 2 fully saturated rings. The van der Waals surface area contributed by atoms with Gasteiger partial charge in [-0.1, -0.05) is 37.5 Å². The van der Waals surface area contributed by atoms with Crippen LogP contribution >= 0.6 is 0 Å². The zero-order chi connectivity index (χ0) is 19.9. The lowest BCUT2D eigenvalue weighted by Gasteiger charge is -2.23. The van der Waals surface area contributed by atoms with E-state index < -0.39 is 24.4 Å². The minimum absolute atomic E-state index is 0.0631. The zero-order valence-electron chi connectivity index (χ0n) is 15.8. The molecule has 8 heteroatoms. The molecule has 0 radical (unpaired) electrons. The van der Waals surface area contributed by atoms with E-state index in [0.717, 1.165) is 25.7 Å². The Kier molecular flexibility index (Phi) is 7.24. The molecule has 1 saturated carbocycles. The van der Waals surface area contributed by atoms with E-state index >= 15 is 0 Å². The van der Waals surface area contributed by atoms with Crippen molar-refractivity contribution in [2.75, 3.05) is 11.9 Å². The summed E-state index contributed by atoms with van der Waals surface area (Å²) in [4.78, 5) is 24.2. The third-order valence-corrected chi connectivity index (χ3v) is 5.31. The molecule has 3 amide bonds. The number of hydrogen-bond donors (Lipinski definition) is 5. The molecular formula is C20H29N3O5. The number of carbonyl (C=O) groups excluding carboxylic acids is 2. The summed E-state index contributed by atoms with van der Waals surface area (Å²) in [6.07, 6.45) is 1.38. The SMILES string of the molecule is O=C(CC1OC(CNC(=O)NC2CCCCC2)C(O)C1O)Nc1ccccc1. The van der Waals surface area contributed by atoms with Crippen LogP contribution in [0.4, 0.5) is 10.5 Å². The van der Waals surface area contributed by atoms with Crippen LogP contribution in [0.25, 0.3) is 0 Å². The summed E-state index contributed by atoms with van der Waals surface area (Å²) in [6.45, 7) is 0.0631. The first kappa shape index (κ1) is 20.6. The minimum Gasteiger partial charge on any atom is -0.388 e. The Bertz CT molecular complexity index is 651. The summed E-state index contributed by atoms with van der Waals surface area (Å²) in [7, 11) is 0. The summed E-state index contributed by atoms with van der Waals surface area (Å²) >= 11 is 0. The van der Waals surface area contributed by atoms with Crippen LogP contribution in [0.15, 0.2) is 30.3 Å². The molecule has 1 aliphatic carbocycles. The Labute approximate surface area is 164 Å². The zero-order valence-corrected chi connectivity index (χ0v) is 15.8. The fourth-order valence-electron chi connectivity index (χ4n) is 3.76. The maximum absolute atomic E-state index is 12.2. The first-order chi connectivity index (χ1) is 13.5. The number of hydrogen-bond acceptors (Lipinski definition) is 5. The molecule has 5 N–H and O–H groups in total. The molecule has 3 rings (SSSR count). The van der Waals surface area contributed by atoms with E-state index in [1.165, 1.54) is 6.42 Å². The molecule has 4 unspecified atom stereocenters. The Hall–Kier alpha value is -2.16. The van der Waals surface area contributed by atoms with Gasteiger partial charge in [-0.25, -0.2) is 4.79 Å². The van der Waals surface area contributed by atoms with Crippen LogP contribution in [0.2, 0.25) is 0 Å². The van der Waals surface area contributed by atoms with E-state index in [1.807, 2.05) is 6.07 Å². The van der Waals surface area contributed by atoms with E-state index in [2.05, 4.69) is 16.0 Å². The average Bonchev–Trinajstić information content (AvgIpc) is 2.96. The van der Waals surface area contributed by atoms with Gasteiger partial charge in [0.2, 0.25) is 5.91 Å². The van der Waals surface area contributed by atoms with Gasteiger partial charge in [-0.2, -0.15) is 0 Å². The third-order valence-electron chi connectivity index (χ3n) is 5.31. The number of anilines is 1. The highest BCUT2D eigenvalue weighted by atomic mass is 16.5. The number of para-hydroxylation sites is 1. The van der Waals surface area contributed by atoms with Gasteiger partial charge in [0.05, 0.1) is 12.5 Å². The second kappa shape index (κ2) is 9.86. The summed E-state index contributed by atoms with van der Waals surface area (Å²) in [5, 5.41) is 28.7.